The molecule has 2 rings (SSSR count). The van der Waals surface area contributed by atoms with Crippen LogP contribution >= 0.6 is 0 Å². The Morgan fingerprint density at radius 3 is 3.00 bits per heavy atom. The van der Waals surface area contributed by atoms with E-state index in [1.54, 1.807) is 18.3 Å². The molecular formula is C15H23N3O2. The Bertz CT molecular complexity index is 498. The topological polar surface area (TPSA) is 54.3 Å². The molecule has 5 nitrogen and oxygen atoms in total. The highest BCUT2D eigenvalue weighted by atomic mass is 16.2. The number of pyridine rings is 1. The first-order valence-electron chi connectivity index (χ1n) is 7.33. The van der Waals surface area contributed by atoms with E-state index < -0.39 is 0 Å². The third kappa shape index (κ3) is 4.20. The number of nitrogens with one attached hydrogen (secondary N) is 1. The zero-order valence-corrected chi connectivity index (χ0v) is 12.0. The predicted molar refractivity (Wildman–Crippen MR) is 78.6 cm³/mol. The summed E-state index contributed by atoms with van der Waals surface area (Å²) in [5.74, 6) is -0.108. The number of hydrogen-bond donors (Lipinski definition) is 1. The van der Waals surface area contributed by atoms with E-state index >= 15 is 0 Å². The van der Waals surface area contributed by atoms with Crippen molar-refractivity contribution in [3.8, 4) is 0 Å². The monoisotopic (exact) mass is 277 g/mol. The molecule has 1 aromatic heterocycles. The lowest BCUT2D eigenvalue weighted by atomic mass is 10.0. The molecule has 0 saturated carbocycles. The van der Waals surface area contributed by atoms with Gasteiger partial charge in [-0.05, 0) is 32.4 Å². The largest absolute Gasteiger partial charge is 0.353 e. The number of carbonyl (C=O) groups is 1. The van der Waals surface area contributed by atoms with Crippen molar-refractivity contribution in [3.63, 3.8) is 0 Å². The van der Waals surface area contributed by atoms with Gasteiger partial charge < -0.3 is 9.88 Å². The van der Waals surface area contributed by atoms with Crippen molar-refractivity contribution in [3.05, 3.63) is 34.7 Å². The van der Waals surface area contributed by atoms with Gasteiger partial charge in [0.1, 0.15) is 6.54 Å². The van der Waals surface area contributed by atoms with Gasteiger partial charge in [-0.1, -0.05) is 12.5 Å². The minimum atomic E-state index is -0.146. The fourth-order valence-corrected chi connectivity index (χ4v) is 2.63. The normalized spacial score (nSPS) is 19.8. The van der Waals surface area contributed by atoms with Crippen LogP contribution in [-0.4, -0.2) is 41.1 Å². The van der Waals surface area contributed by atoms with Gasteiger partial charge in [-0.3, -0.25) is 14.5 Å². The molecule has 0 spiro atoms. The van der Waals surface area contributed by atoms with Gasteiger partial charge in [-0.15, -0.1) is 0 Å². The Balaban J connectivity index is 1.73. The average Bonchev–Trinajstić information content (AvgIpc) is 2.43. The first-order chi connectivity index (χ1) is 9.66. The van der Waals surface area contributed by atoms with Crippen LogP contribution in [-0.2, 0) is 11.3 Å². The quantitative estimate of drug-likeness (QED) is 0.867. The fraction of sp³-hybridized carbons (Fsp3) is 0.600. The molecule has 1 fully saturated rings. The highest BCUT2D eigenvalue weighted by Crippen LogP contribution is 2.15. The van der Waals surface area contributed by atoms with Crippen molar-refractivity contribution < 1.29 is 4.79 Å². The van der Waals surface area contributed by atoms with Crippen molar-refractivity contribution in [1.82, 2.24) is 14.8 Å². The molecule has 1 N–H and O–H groups in total. The van der Waals surface area contributed by atoms with Crippen LogP contribution in [0.1, 0.15) is 26.2 Å². The molecule has 1 aliphatic heterocycles. The molecule has 5 heteroatoms. The van der Waals surface area contributed by atoms with E-state index in [9.17, 15) is 9.59 Å². The molecule has 2 heterocycles. The van der Waals surface area contributed by atoms with Crippen LogP contribution in [0, 0.1) is 0 Å². The number of rotatable bonds is 5. The Hall–Kier alpha value is -1.62. The summed E-state index contributed by atoms with van der Waals surface area (Å²) in [4.78, 5) is 25.7. The molecule has 20 heavy (non-hydrogen) atoms. The summed E-state index contributed by atoms with van der Waals surface area (Å²) in [5.41, 5.74) is -0.146. The van der Waals surface area contributed by atoms with Crippen molar-refractivity contribution in [2.45, 2.75) is 38.8 Å². The summed E-state index contributed by atoms with van der Waals surface area (Å²) < 4.78 is 1.42. The molecule has 1 saturated heterocycles. The number of piperidine rings is 1. The minimum Gasteiger partial charge on any atom is -0.353 e. The Morgan fingerprint density at radius 1 is 1.40 bits per heavy atom. The summed E-state index contributed by atoms with van der Waals surface area (Å²) in [6, 6.07) is 5.50. The van der Waals surface area contributed by atoms with Gasteiger partial charge in [0.25, 0.3) is 5.56 Å². The Labute approximate surface area is 119 Å². The molecule has 1 aliphatic rings. The Kier molecular flexibility index (Phi) is 5.35. The van der Waals surface area contributed by atoms with Crippen LogP contribution < -0.4 is 10.9 Å². The van der Waals surface area contributed by atoms with E-state index in [0.29, 0.717) is 12.6 Å². The number of nitrogens with zero attached hydrogens (tertiary/aromatic N) is 2. The van der Waals surface area contributed by atoms with Gasteiger partial charge in [0, 0.05) is 31.4 Å². The van der Waals surface area contributed by atoms with E-state index in [1.165, 1.54) is 29.9 Å². The minimum absolute atomic E-state index is 0.0925. The molecular weight excluding hydrogens is 254 g/mol. The van der Waals surface area contributed by atoms with Crippen LogP contribution in [0.2, 0.25) is 0 Å². The summed E-state index contributed by atoms with van der Waals surface area (Å²) in [6.07, 6.45) is 5.43. The van der Waals surface area contributed by atoms with Gasteiger partial charge >= 0.3 is 0 Å². The van der Waals surface area contributed by atoms with Crippen LogP contribution in [0.25, 0.3) is 0 Å². The van der Waals surface area contributed by atoms with Crippen LogP contribution in [0.3, 0.4) is 0 Å². The second-order valence-electron chi connectivity index (χ2n) is 5.40. The lowest BCUT2D eigenvalue weighted by Gasteiger charge is -2.33. The third-order valence-corrected chi connectivity index (χ3v) is 3.87. The molecule has 1 aromatic rings. The van der Waals surface area contributed by atoms with Crippen molar-refractivity contribution >= 4 is 5.91 Å². The van der Waals surface area contributed by atoms with E-state index in [2.05, 4.69) is 17.1 Å². The summed E-state index contributed by atoms with van der Waals surface area (Å²) in [5, 5.41) is 2.89. The number of aromatic nitrogens is 1. The van der Waals surface area contributed by atoms with E-state index in [4.69, 9.17) is 0 Å². The van der Waals surface area contributed by atoms with Crippen LogP contribution in [0.4, 0.5) is 0 Å². The van der Waals surface area contributed by atoms with Gasteiger partial charge in [0.05, 0.1) is 0 Å². The maximum absolute atomic E-state index is 11.8. The fourth-order valence-electron chi connectivity index (χ4n) is 2.63. The molecule has 1 atom stereocenters. The Morgan fingerprint density at radius 2 is 2.25 bits per heavy atom. The van der Waals surface area contributed by atoms with E-state index in [-0.39, 0.29) is 18.0 Å². The van der Waals surface area contributed by atoms with Gasteiger partial charge in [-0.25, -0.2) is 0 Å². The molecule has 0 radical (unpaired) electrons. The number of hydrogen-bond acceptors (Lipinski definition) is 3. The van der Waals surface area contributed by atoms with E-state index in [1.807, 2.05) is 0 Å². The number of carbonyl (C=O) groups excluding carboxylic acids is 1. The summed E-state index contributed by atoms with van der Waals surface area (Å²) in [7, 11) is 0. The number of likely N-dealkylation sites (tertiary alicyclic amines) is 1. The lowest BCUT2D eigenvalue weighted by Crippen LogP contribution is -2.43. The maximum atomic E-state index is 11.8. The van der Waals surface area contributed by atoms with Crippen molar-refractivity contribution in [2.75, 3.05) is 19.6 Å². The number of amides is 1. The zero-order chi connectivity index (χ0) is 14.4. The summed E-state index contributed by atoms with van der Waals surface area (Å²) in [6.45, 7) is 4.98. The van der Waals surface area contributed by atoms with E-state index in [0.717, 1.165) is 13.1 Å². The molecule has 110 valence electrons. The third-order valence-electron chi connectivity index (χ3n) is 3.87. The average molecular weight is 277 g/mol. The van der Waals surface area contributed by atoms with Gasteiger partial charge in [0.15, 0.2) is 0 Å². The van der Waals surface area contributed by atoms with Crippen LogP contribution in [0.5, 0.6) is 0 Å². The standard InChI is InChI=1S/C15H23N3O2/c1-13-6-2-4-9-17(13)11-8-16-14(19)12-18-10-5-3-7-15(18)20/h3,5,7,10,13H,2,4,6,8-9,11-12H2,1H3,(H,16,19)/t13-/m0/s1. The molecule has 0 bridgehead atoms. The van der Waals surface area contributed by atoms with Crippen LogP contribution in [0.15, 0.2) is 29.2 Å². The van der Waals surface area contributed by atoms with Gasteiger partial charge in [0.2, 0.25) is 5.91 Å². The first kappa shape index (κ1) is 14.8. The molecule has 1 amide bonds. The van der Waals surface area contributed by atoms with Crippen molar-refractivity contribution in [2.24, 2.45) is 0 Å². The van der Waals surface area contributed by atoms with Gasteiger partial charge in [-0.2, -0.15) is 0 Å². The lowest BCUT2D eigenvalue weighted by molar-refractivity contribution is -0.121. The first-order valence-corrected chi connectivity index (χ1v) is 7.33. The molecule has 0 aliphatic carbocycles. The SMILES string of the molecule is C[C@H]1CCCCN1CCNC(=O)Cn1ccccc1=O. The summed E-state index contributed by atoms with van der Waals surface area (Å²) >= 11 is 0. The molecule has 0 unspecified atom stereocenters. The second kappa shape index (κ2) is 7.24. The highest BCUT2D eigenvalue weighted by Gasteiger charge is 2.17. The smallest absolute Gasteiger partial charge is 0.250 e. The molecule has 0 aromatic carbocycles. The zero-order valence-electron chi connectivity index (χ0n) is 12.0. The second-order valence-corrected chi connectivity index (χ2v) is 5.40. The maximum Gasteiger partial charge on any atom is 0.250 e. The highest BCUT2D eigenvalue weighted by molar-refractivity contribution is 5.75. The van der Waals surface area contributed by atoms with Crippen molar-refractivity contribution in [1.29, 1.82) is 0 Å². The predicted octanol–water partition coefficient (Wildman–Crippen LogP) is 0.839.